The lowest BCUT2D eigenvalue weighted by molar-refractivity contribution is -0.0383. The van der Waals surface area contributed by atoms with Gasteiger partial charge in [-0.25, -0.2) is 9.97 Å². The van der Waals surface area contributed by atoms with Gasteiger partial charge in [0.25, 0.3) is 0 Å². The molecule has 0 fully saturated rings. The Labute approximate surface area is 132 Å². The Kier molecular flexibility index (Phi) is 4.09. The summed E-state index contributed by atoms with van der Waals surface area (Å²) >= 11 is 3.26. The second-order valence-electron chi connectivity index (χ2n) is 5.62. The molecule has 0 atom stereocenters. The van der Waals surface area contributed by atoms with E-state index in [1.54, 1.807) is 11.3 Å². The SMILES string of the molecule is CSc1nc(NCCO)c2sc3c(c2n1)COC(C)(C)C3. The van der Waals surface area contributed by atoms with Crippen molar-refractivity contribution in [1.82, 2.24) is 9.97 Å². The first-order valence-corrected chi connectivity index (χ1v) is 8.93. The predicted octanol–water partition coefficient (Wildman–Crippen LogP) is 2.67. The van der Waals surface area contributed by atoms with Crippen LogP contribution in [-0.2, 0) is 17.8 Å². The Bertz CT molecular complexity index is 670. The molecule has 2 aromatic heterocycles. The Hall–Kier alpha value is -0.890. The molecule has 114 valence electrons. The largest absolute Gasteiger partial charge is 0.395 e. The summed E-state index contributed by atoms with van der Waals surface area (Å²) < 4.78 is 6.99. The van der Waals surface area contributed by atoms with Crippen molar-refractivity contribution in [2.75, 3.05) is 24.7 Å². The maximum absolute atomic E-state index is 9.03. The van der Waals surface area contributed by atoms with Crippen molar-refractivity contribution in [3.63, 3.8) is 0 Å². The Morgan fingerprint density at radius 3 is 2.95 bits per heavy atom. The summed E-state index contributed by atoms with van der Waals surface area (Å²) in [6, 6.07) is 0. The summed E-state index contributed by atoms with van der Waals surface area (Å²) in [5.74, 6) is 0.815. The summed E-state index contributed by atoms with van der Waals surface area (Å²) in [5.41, 5.74) is 2.06. The van der Waals surface area contributed by atoms with Crippen LogP contribution < -0.4 is 5.32 Å². The number of rotatable bonds is 4. The summed E-state index contributed by atoms with van der Waals surface area (Å²) in [6.45, 7) is 5.41. The van der Waals surface area contributed by atoms with Crippen molar-refractivity contribution in [2.24, 2.45) is 0 Å². The average Bonchev–Trinajstić information content (AvgIpc) is 2.80. The zero-order valence-electron chi connectivity index (χ0n) is 12.4. The van der Waals surface area contributed by atoms with Crippen LogP contribution in [0, 0.1) is 0 Å². The van der Waals surface area contributed by atoms with Crippen molar-refractivity contribution in [3.05, 3.63) is 10.4 Å². The molecule has 0 aromatic carbocycles. The number of fused-ring (bicyclic) bond motifs is 3. The van der Waals surface area contributed by atoms with Gasteiger partial charge in [-0.15, -0.1) is 11.3 Å². The van der Waals surface area contributed by atoms with Crippen molar-refractivity contribution < 1.29 is 9.84 Å². The molecule has 3 heterocycles. The van der Waals surface area contributed by atoms with E-state index in [4.69, 9.17) is 9.84 Å². The number of aliphatic hydroxyl groups excluding tert-OH is 1. The standard InChI is InChI=1S/C14H19N3O2S2/c1-14(2)6-9-8(7-19-14)10-11(21-9)12(15-4-5-18)17-13(16-10)20-3/h18H,4-7H2,1-3H3,(H,15,16,17). The Morgan fingerprint density at radius 1 is 1.43 bits per heavy atom. The smallest absolute Gasteiger partial charge is 0.189 e. The summed E-state index contributed by atoms with van der Waals surface area (Å²) in [6.07, 6.45) is 2.87. The summed E-state index contributed by atoms with van der Waals surface area (Å²) in [4.78, 5) is 10.5. The van der Waals surface area contributed by atoms with Crippen LogP contribution in [0.15, 0.2) is 5.16 Å². The molecule has 2 aromatic rings. The van der Waals surface area contributed by atoms with E-state index in [0.717, 1.165) is 27.6 Å². The molecule has 0 amide bonds. The molecule has 0 aliphatic carbocycles. The number of aromatic nitrogens is 2. The fourth-order valence-corrected chi connectivity index (χ4v) is 4.22. The molecular weight excluding hydrogens is 306 g/mol. The molecule has 5 nitrogen and oxygen atoms in total. The molecule has 0 unspecified atom stereocenters. The molecule has 1 aliphatic heterocycles. The quantitative estimate of drug-likeness (QED) is 0.665. The number of thioether (sulfide) groups is 1. The van der Waals surface area contributed by atoms with Crippen LogP contribution in [0.1, 0.15) is 24.3 Å². The van der Waals surface area contributed by atoms with Crippen LogP contribution in [0.5, 0.6) is 0 Å². The normalized spacial score (nSPS) is 17.0. The molecule has 21 heavy (non-hydrogen) atoms. The van der Waals surface area contributed by atoms with E-state index in [0.29, 0.717) is 13.2 Å². The highest BCUT2D eigenvalue weighted by atomic mass is 32.2. The van der Waals surface area contributed by atoms with Gasteiger partial charge in [-0.05, 0) is 20.1 Å². The van der Waals surface area contributed by atoms with Crippen LogP contribution in [0.3, 0.4) is 0 Å². The summed E-state index contributed by atoms with van der Waals surface area (Å²) in [5, 5.41) is 13.0. The van der Waals surface area contributed by atoms with E-state index in [2.05, 4.69) is 29.1 Å². The Morgan fingerprint density at radius 2 is 2.24 bits per heavy atom. The molecule has 0 bridgehead atoms. The Balaban J connectivity index is 2.13. The minimum Gasteiger partial charge on any atom is -0.395 e. The van der Waals surface area contributed by atoms with E-state index in [-0.39, 0.29) is 12.2 Å². The van der Waals surface area contributed by atoms with Crippen LogP contribution in [0.25, 0.3) is 10.2 Å². The minimum absolute atomic E-state index is 0.0847. The lowest BCUT2D eigenvalue weighted by Crippen LogP contribution is -2.30. The molecule has 3 rings (SSSR count). The number of hydrogen-bond acceptors (Lipinski definition) is 7. The highest BCUT2D eigenvalue weighted by molar-refractivity contribution is 7.98. The van der Waals surface area contributed by atoms with E-state index in [1.165, 1.54) is 22.2 Å². The van der Waals surface area contributed by atoms with Crippen molar-refractivity contribution in [2.45, 2.75) is 37.6 Å². The minimum atomic E-state index is -0.123. The number of anilines is 1. The molecule has 1 aliphatic rings. The number of nitrogens with zero attached hydrogens (tertiary/aromatic N) is 2. The fourth-order valence-electron chi connectivity index (χ4n) is 2.43. The first-order valence-electron chi connectivity index (χ1n) is 6.89. The first-order chi connectivity index (χ1) is 10.0. The molecule has 0 saturated carbocycles. The van der Waals surface area contributed by atoms with E-state index in [9.17, 15) is 0 Å². The molecular formula is C14H19N3O2S2. The highest BCUT2D eigenvalue weighted by Gasteiger charge is 2.30. The lowest BCUT2D eigenvalue weighted by Gasteiger charge is -2.29. The average molecular weight is 325 g/mol. The second kappa shape index (κ2) is 5.72. The van der Waals surface area contributed by atoms with Gasteiger partial charge in [0.1, 0.15) is 5.82 Å². The van der Waals surface area contributed by atoms with Gasteiger partial charge in [0.15, 0.2) is 5.16 Å². The first kappa shape index (κ1) is 15.0. The predicted molar refractivity (Wildman–Crippen MR) is 87.3 cm³/mol. The number of aliphatic hydroxyl groups is 1. The topological polar surface area (TPSA) is 67.3 Å². The third-order valence-corrected chi connectivity index (χ3v) is 5.25. The second-order valence-corrected chi connectivity index (χ2v) is 7.49. The molecule has 7 heteroatoms. The van der Waals surface area contributed by atoms with Gasteiger partial charge < -0.3 is 15.2 Å². The van der Waals surface area contributed by atoms with Crippen molar-refractivity contribution in [3.8, 4) is 0 Å². The highest BCUT2D eigenvalue weighted by Crippen LogP contribution is 2.41. The van der Waals surface area contributed by atoms with E-state index >= 15 is 0 Å². The van der Waals surface area contributed by atoms with Gasteiger partial charge in [0, 0.05) is 23.4 Å². The molecule has 0 spiro atoms. The third-order valence-electron chi connectivity index (χ3n) is 3.47. The molecule has 2 N–H and O–H groups in total. The van der Waals surface area contributed by atoms with Gasteiger partial charge in [-0.2, -0.15) is 0 Å². The monoisotopic (exact) mass is 325 g/mol. The number of thiophene rings is 1. The lowest BCUT2D eigenvalue weighted by atomic mass is 9.98. The van der Waals surface area contributed by atoms with Crippen LogP contribution in [-0.4, -0.2) is 40.1 Å². The zero-order valence-corrected chi connectivity index (χ0v) is 14.0. The maximum atomic E-state index is 9.03. The number of ether oxygens (including phenoxy) is 1. The van der Waals surface area contributed by atoms with Crippen LogP contribution >= 0.6 is 23.1 Å². The summed E-state index contributed by atoms with van der Waals surface area (Å²) in [7, 11) is 0. The van der Waals surface area contributed by atoms with Crippen molar-refractivity contribution >= 4 is 39.1 Å². The van der Waals surface area contributed by atoms with Gasteiger partial charge in [0.2, 0.25) is 0 Å². The van der Waals surface area contributed by atoms with Gasteiger partial charge >= 0.3 is 0 Å². The number of hydrogen-bond donors (Lipinski definition) is 2. The van der Waals surface area contributed by atoms with Gasteiger partial charge in [-0.3, -0.25) is 0 Å². The van der Waals surface area contributed by atoms with E-state index in [1.807, 2.05) is 6.26 Å². The van der Waals surface area contributed by atoms with E-state index < -0.39 is 0 Å². The maximum Gasteiger partial charge on any atom is 0.189 e. The van der Waals surface area contributed by atoms with Gasteiger partial charge in [0.05, 0.1) is 29.0 Å². The van der Waals surface area contributed by atoms with Crippen LogP contribution in [0.4, 0.5) is 5.82 Å². The van der Waals surface area contributed by atoms with Gasteiger partial charge in [-0.1, -0.05) is 11.8 Å². The third kappa shape index (κ3) is 2.88. The van der Waals surface area contributed by atoms with Crippen LogP contribution in [0.2, 0.25) is 0 Å². The number of nitrogens with one attached hydrogen (secondary N) is 1. The molecule has 0 radical (unpaired) electrons. The fraction of sp³-hybridized carbons (Fsp3) is 0.571. The zero-order chi connectivity index (χ0) is 15.0. The molecule has 0 saturated heterocycles. The van der Waals surface area contributed by atoms with Crippen molar-refractivity contribution in [1.29, 1.82) is 0 Å².